The Balaban J connectivity index is 2.71. The molecule has 1 aromatic rings. The summed E-state index contributed by atoms with van der Waals surface area (Å²) in [7, 11) is 0. The van der Waals surface area contributed by atoms with Crippen LogP contribution in [-0.4, -0.2) is 22.8 Å². The molecule has 0 aromatic heterocycles. The van der Waals surface area contributed by atoms with Crippen LogP contribution in [0, 0.1) is 0 Å². The fourth-order valence-electron chi connectivity index (χ4n) is 0.943. The fourth-order valence-corrected chi connectivity index (χ4v) is 0.943. The number of benzene rings is 1. The van der Waals surface area contributed by atoms with Crippen molar-refractivity contribution in [3.63, 3.8) is 0 Å². The molecule has 3 heteroatoms. The van der Waals surface area contributed by atoms with Crippen LogP contribution in [-0.2, 0) is 6.42 Å². The number of aliphatic hydroxyl groups excluding tert-OH is 1. The van der Waals surface area contributed by atoms with Crippen molar-refractivity contribution < 1.29 is 15.0 Å². The highest BCUT2D eigenvalue weighted by Gasteiger charge is 1.99. The van der Waals surface area contributed by atoms with Gasteiger partial charge in [0.25, 0.3) is 0 Å². The van der Waals surface area contributed by atoms with Gasteiger partial charge >= 0.3 is 0 Å². The van der Waals surface area contributed by atoms with E-state index in [2.05, 4.69) is 0 Å². The number of aliphatic hydroxyl groups is 2. The van der Waals surface area contributed by atoms with E-state index in [0.29, 0.717) is 5.56 Å². The summed E-state index contributed by atoms with van der Waals surface area (Å²) in [5.74, 6) is 0. The number of rotatable bonds is 3. The third-order valence-electron chi connectivity index (χ3n) is 1.53. The fraction of sp³-hybridized carbons (Fsp3) is 0.222. The van der Waals surface area contributed by atoms with Gasteiger partial charge in [-0.25, -0.2) is 0 Å². The molecule has 0 saturated carbocycles. The van der Waals surface area contributed by atoms with Crippen LogP contribution >= 0.6 is 0 Å². The summed E-state index contributed by atoms with van der Waals surface area (Å²) in [6.45, 7) is 0. The van der Waals surface area contributed by atoms with Gasteiger partial charge in [0, 0.05) is 12.0 Å². The van der Waals surface area contributed by atoms with Gasteiger partial charge < -0.3 is 10.2 Å². The first-order valence-corrected chi connectivity index (χ1v) is 3.62. The summed E-state index contributed by atoms with van der Waals surface area (Å²) in [5.41, 5.74) is 1.39. The maximum atomic E-state index is 10.2. The molecule has 12 heavy (non-hydrogen) atoms. The van der Waals surface area contributed by atoms with Crippen LogP contribution in [0.4, 0.5) is 0 Å². The minimum absolute atomic E-state index is 0.194. The number of hydrogen-bond acceptors (Lipinski definition) is 3. The van der Waals surface area contributed by atoms with Gasteiger partial charge in [0.1, 0.15) is 6.29 Å². The van der Waals surface area contributed by atoms with Crippen molar-refractivity contribution in [1.29, 1.82) is 0 Å². The van der Waals surface area contributed by atoms with E-state index in [4.69, 9.17) is 10.2 Å². The first-order chi connectivity index (χ1) is 5.72. The summed E-state index contributed by atoms with van der Waals surface area (Å²) in [6, 6.07) is 6.68. The predicted octanol–water partition coefficient (Wildman–Crippen LogP) is 0.352. The quantitative estimate of drug-likeness (QED) is 0.503. The third kappa shape index (κ3) is 2.45. The Bertz CT molecular complexity index is 251. The van der Waals surface area contributed by atoms with Gasteiger partial charge in [-0.1, -0.05) is 24.3 Å². The number of aldehydes is 1. The molecule has 2 N–H and O–H groups in total. The minimum atomic E-state index is -1.33. The highest BCUT2D eigenvalue weighted by atomic mass is 16.5. The SMILES string of the molecule is O=Cc1ccc(CC(O)O)cc1. The maximum Gasteiger partial charge on any atom is 0.155 e. The molecule has 0 aliphatic rings. The second-order valence-corrected chi connectivity index (χ2v) is 2.54. The summed E-state index contributed by atoms with van der Waals surface area (Å²) in [5, 5.41) is 17.2. The molecule has 0 fully saturated rings. The Morgan fingerprint density at radius 2 is 1.83 bits per heavy atom. The first kappa shape index (κ1) is 8.90. The van der Waals surface area contributed by atoms with Gasteiger partial charge in [-0.3, -0.25) is 4.79 Å². The van der Waals surface area contributed by atoms with Gasteiger partial charge in [0.05, 0.1) is 0 Å². The summed E-state index contributed by atoms with van der Waals surface area (Å²) in [6.07, 6.45) is -0.384. The molecule has 3 nitrogen and oxygen atoms in total. The van der Waals surface area contributed by atoms with E-state index in [-0.39, 0.29) is 6.42 Å². The van der Waals surface area contributed by atoms with Crippen LogP contribution in [0.3, 0.4) is 0 Å². The normalized spacial score (nSPS) is 10.2. The van der Waals surface area contributed by atoms with Crippen molar-refractivity contribution in [2.75, 3.05) is 0 Å². The van der Waals surface area contributed by atoms with Gasteiger partial charge in [0.2, 0.25) is 0 Å². The van der Waals surface area contributed by atoms with E-state index in [1.165, 1.54) is 0 Å². The molecule has 0 spiro atoms. The smallest absolute Gasteiger partial charge is 0.155 e. The first-order valence-electron chi connectivity index (χ1n) is 3.62. The zero-order valence-corrected chi connectivity index (χ0v) is 6.47. The monoisotopic (exact) mass is 166 g/mol. The lowest BCUT2D eigenvalue weighted by Gasteiger charge is -2.02. The van der Waals surface area contributed by atoms with Gasteiger partial charge in [-0.15, -0.1) is 0 Å². The lowest BCUT2D eigenvalue weighted by atomic mass is 10.1. The van der Waals surface area contributed by atoms with Crippen molar-refractivity contribution in [3.8, 4) is 0 Å². The molecular formula is C9H10O3. The zero-order valence-electron chi connectivity index (χ0n) is 6.47. The largest absolute Gasteiger partial charge is 0.368 e. The van der Waals surface area contributed by atoms with Crippen molar-refractivity contribution in [2.45, 2.75) is 12.7 Å². The molecule has 0 radical (unpaired) electrons. The highest BCUT2D eigenvalue weighted by Crippen LogP contribution is 2.04. The van der Waals surface area contributed by atoms with Gasteiger partial charge in [0.15, 0.2) is 6.29 Å². The molecule has 0 aliphatic carbocycles. The number of hydrogen-bond donors (Lipinski definition) is 2. The molecule has 0 bridgehead atoms. The van der Waals surface area contributed by atoms with E-state index in [9.17, 15) is 4.79 Å². The van der Waals surface area contributed by atoms with Crippen LogP contribution in [0.25, 0.3) is 0 Å². The Morgan fingerprint density at radius 1 is 1.25 bits per heavy atom. The second kappa shape index (κ2) is 3.99. The Labute approximate surface area is 70.3 Å². The molecule has 0 saturated heterocycles. The van der Waals surface area contributed by atoms with E-state index >= 15 is 0 Å². The molecule has 0 heterocycles. The molecule has 64 valence electrons. The van der Waals surface area contributed by atoms with Gasteiger partial charge in [-0.2, -0.15) is 0 Å². The van der Waals surface area contributed by atoms with Gasteiger partial charge in [-0.05, 0) is 5.56 Å². The molecular weight excluding hydrogens is 156 g/mol. The van der Waals surface area contributed by atoms with Crippen molar-refractivity contribution in [2.24, 2.45) is 0 Å². The van der Waals surface area contributed by atoms with E-state index in [1.54, 1.807) is 24.3 Å². The van der Waals surface area contributed by atoms with Crippen LogP contribution < -0.4 is 0 Å². The topological polar surface area (TPSA) is 57.5 Å². The van der Waals surface area contributed by atoms with E-state index in [0.717, 1.165) is 11.8 Å². The Morgan fingerprint density at radius 3 is 2.25 bits per heavy atom. The second-order valence-electron chi connectivity index (χ2n) is 2.54. The molecule has 0 atom stereocenters. The Hall–Kier alpha value is -1.19. The Kier molecular flexibility index (Phi) is 2.96. The van der Waals surface area contributed by atoms with Crippen molar-refractivity contribution in [1.82, 2.24) is 0 Å². The molecule has 1 rings (SSSR count). The zero-order chi connectivity index (χ0) is 8.97. The standard InChI is InChI=1S/C9H10O3/c10-6-8-3-1-7(2-4-8)5-9(11)12/h1-4,6,9,11-12H,5H2. The maximum absolute atomic E-state index is 10.2. The average molecular weight is 166 g/mol. The van der Waals surface area contributed by atoms with Crippen LogP contribution in [0.15, 0.2) is 24.3 Å². The van der Waals surface area contributed by atoms with Crippen LogP contribution in [0.5, 0.6) is 0 Å². The van der Waals surface area contributed by atoms with E-state index in [1.807, 2.05) is 0 Å². The van der Waals surface area contributed by atoms with E-state index < -0.39 is 6.29 Å². The minimum Gasteiger partial charge on any atom is -0.368 e. The molecule has 0 unspecified atom stereocenters. The molecule has 0 aliphatic heterocycles. The highest BCUT2D eigenvalue weighted by molar-refractivity contribution is 5.74. The summed E-state index contributed by atoms with van der Waals surface area (Å²) < 4.78 is 0. The summed E-state index contributed by atoms with van der Waals surface area (Å²) >= 11 is 0. The lowest BCUT2D eigenvalue weighted by Crippen LogP contribution is -2.07. The summed E-state index contributed by atoms with van der Waals surface area (Å²) in [4.78, 5) is 10.2. The van der Waals surface area contributed by atoms with Crippen molar-refractivity contribution >= 4 is 6.29 Å². The number of carbonyl (C=O) groups excluding carboxylic acids is 1. The average Bonchev–Trinajstić information content (AvgIpc) is 2.05. The number of carbonyl (C=O) groups is 1. The molecule has 0 amide bonds. The third-order valence-corrected chi connectivity index (χ3v) is 1.53. The predicted molar refractivity (Wildman–Crippen MR) is 43.8 cm³/mol. The van der Waals surface area contributed by atoms with Crippen molar-refractivity contribution in [3.05, 3.63) is 35.4 Å². The molecule has 1 aromatic carbocycles. The van der Waals surface area contributed by atoms with Crippen LogP contribution in [0.1, 0.15) is 15.9 Å². The lowest BCUT2D eigenvalue weighted by molar-refractivity contribution is -0.0381. The van der Waals surface area contributed by atoms with Crippen LogP contribution in [0.2, 0.25) is 0 Å².